The van der Waals surface area contributed by atoms with Crippen molar-refractivity contribution in [3.63, 3.8) is 0 Å². The molecule has 2 N–H and O–H groups in total. The molecule has 0 spiro atoms. The molecule has 0 amide bonds. The summed E-state index contributed by atoms with van der Waals surface area (Å²) in [6.07, 6.45) is 0.998. The van der Waals surface area contributed by atoms with E-state index in [1.807, 2.05) is 24.3 Å². The van der Waals surface area contributed by atoms with E-state index >= 15 is 0 Å². The van der Waals surface area contributed by atoms with Crippen LogP contribution in [-0.2, 0) is 11.3 Å². The molecule has 16 heavy (non-hydrogen) atoms. The van der Waals surface area contributed by atoms with Crippen LogP contribution in [0.2, 0.25) is 0 Å². The fourth-order valence-electron chi connectivity index (χ4n) is 1.15. The third kappa shape index (κ3) is 3.91. The van der Waals surface area contributed by atoms with Gasteiger partial charge < -0.3 is 10.5 Å². The average molecular weight is 237 g/mol. The zero-order valence-electron chi connectivity index (χ0n) is 10.1. The first-order valence-corrected chi connectivity index (χ1v) is 5.88. The molecule has 0 unspecified atom stereocenters. The molecule has 1 aromatic carbocycles. The average Bonchev–Trinajstić information content (AvgIpc) is 2.27. The highest BCUT2D eigenvalue weighted by Gasteiger charge is 2.14. The zero-order valence-corrected chi connectivity index (χ0v) is 10.9. The third-order valence-corrected chi connectivity index (χ3v) is 2.96. The number of hydrogen-bond donors (Lipinski definition) is 1. The Morgan fingerprint density at radius 2 is 1.88 bits per heavy atom. The van der Waals surface area contributed by atoms with Crippen molar-refractivity contribution in [3.8, 4) is 0 Å². The fraction of sp³-hybridized carbons (Fsp3) is 0.462. The van der Waals surface area contributed by atoms with Crippen LogP contribution in [0.25, 0.3) is 0 Å². The van der Waals surface area contributed by atoms with E-state index in [1.54, 1.807) is 0 Å². The van der Waals surface area contributed by atoms with E-state index in [4.69, 9.17) is 22.7 Å². The molecule has 0 aromatic heterocycles. The first kappa shape index (κ1) is 13.1. The molecule has 0 heterocycles. The summed E-state index contributed by atoms with van der Waals surface area (Å²) >= 11 is 4.89. The molecule has 0 aliphatic heterocycles. The minimum atomic E-state index is -0.0676. The maximum absolute atomic E-state index is 5.80. The number of nitrogens with two attached hydrogens (primary N) is 1. The first-order chi connectivity index (χ1) is 7.44. The lowest BCUT2D eigenvalue weighted by atomic mass is 10.1. The highest BCUT2D eigenvalue weighted by Crippen LogP contribution is 2.16. The smallest absolute Gasteiger partial charge is 0.103 e. The summed E-state index contributed by atoms with van der Waals surface area (Å²) in [5, 5.41) is 0. The SMILES string of the molecule is CCC(C)(C)OCc1ccc(C(N)=S)cc1. The van der Waals surface area contributed by atoms with Crippen LogP contribution in [0, 0.1) is 0 Å². The molecule has 3 heteroatoms. The van der Waals surface area contributed by atoms with Crippen molar-refractivity contribution in [1.82, 2.24) is 0 Å². The van der Waals surface area contributed by atoms with Crippen LogP contribution in [-0.4, -0.2) is 10.6 Å². The molecule has 0 saturated carbocycles. The molecule has 1 aromatic rings. The van der Waals surface area contributed by atoms with Gasteiger partial charge in [0.1, 0.15) is 4.99 Å². The third-order valence-electron chi connectivity index (χ3n) is 2.72. The summed E-state index contributed by atoms with van der Waals surface area (Å²) in [6.45, 7) is 6.93. The monoisotopic (exact) mass is 237 g/mol. The van der Waals surface area contributed by atoms with Gasteiger partial charge in [-0.2, -0.15) is 0 Å². The Balaban J connectivity index is 2.59. The van der Waals surface area contributed by atoms with Gasteiger partial charge in [0.05, 0.1) is 12.2 Å². The summed E-state index contributed by atoms with van der Waals surface area (Å²) in [7, 11) is 0. The van der Waals surface area contributed by atoms with Crippen LogP contribution in [0.3, 0.4) is 0 Å². The summed E-state index contributed by atoms with van der Waals surface area (Å²) in [6, 6.07) is 7.86. The van der Waals surface area contributed by atoms with E-state index in [0.29, 0.717) is 11.6 Å². The number of ether oxygens (including phenoxy) is 1. The van der Waals surface area contributed by atoms with Crippen LogP contribution in [0.4, 0.5) is 0 Å². The summed E-state index contributed by atoms with van der Waals surface area (Å²) in [5.41, 5.74) is 7.50. The Morgan fingerprint density at radius 3 is 2.31 bits per heavy atom. The second-order valence-corrected chi connectivity index (χ2v) is 4.90. The molecule has 0 radical (unpaired) electrons. The summed E-state index contributed by atoms with van der Waals surface area (Å²) in [4.78, 5) is 0.432. The molecule has 0 aliphatic rings. The molecule has 0 atom stereocenters. The quantitative estimate of drug-likeness (QED) is 0.799. The minimum Gasteiger partial charge on any atom is -0.389 e. The van der Waals surface area contributed by atoms with Gasteiger partial charge in [0, 0.05) is 5.56 Å². The Bertz CT molecular complexity index is 357. The van der Waals surface area contributed by atoms with Gasteiger partial charge in [0.25, 0.3) is 0 Å². The number of benzene rings is 1. The fourth-order valence-corrected chi connectivity index (χ4v) is 1.28. The van der Waals surface area contributed by atoms with Crippen LogP contribution < -0.4 is 5.73 Å². The summed E-state index contributed by atoms with van der Waals surface area (Å²) in [5.74, 6) is 0. The molecule has 1 rings (SSSR count). The summed E-state index contributed by atoms with van der Waals surface area (Å²) < 4.78 is 5.80. The van der Waals surface area contributed by atoms with Gasteiger partial charge in [-0.05, 0) is 25.8 Å². The van der Waals surface area contributed by atoms with Crippen molar-refractivity contribution in [1.29, 1.82) is 0 Å². The number of thiocarbonyl (C=S) groups is 1. The topological polar surface area (TPSA) is 35.2 Å². The van der Waals surface area contributed by atoms with E-state index in [-0.39, 0.29) is 5.60 Å². The lowest BCUT2D eigenvalue weighted by Gasteiger charge is -2.23. The maximum Gasteiger partial charge on any atom is 0.103 e. The van der Waals surface area contributed by atoms with Crippen LogP contribution >= 0.6 is 12.2 Å². The van der Waals surface area contributed by atoms with Gasteiger partial charge in [-0.1, -0.05) is 43.4 Å². The zero-order chi connectivity index (χ0) is 12.2. The molecule has 0 fully saturated rings. The number of rotatable bonds is 5. The van der Waals surface area contributed by atoms with E-state index in [1.165, 1.54) is 0 Å². The van der Waals surface area contributed by atoms with Crippen LogP contribution in [0.1, 0.15) is 38.3 Å². The Kier molecular flexibility index (Phi) is 4.44. The lowest BCUT2D eigenvalue weighted by Crippen LogP contribution is -2.22. The van der Waals surface area contributed by atoms with E-state index in [9.17, 15) is 0 Å². The van der Waals surface area contributed by atoms with Crippen molar-refractivity contribution >= 4 is 17.2 Å². The predicted octanol–water partition coefficient (Wildman–Crippen LogP) is 3.03. The number of hydrogen-bond acceptors (Lipinski definition) is 2. The van der Waals surface area contributed by atoms with Gasteiger partial charge in [-0.15, -0.1) is 0 Å². The molecule has 0 saturated heterocycles. The highest BCUT2D eigenvalue weighted by molar-refractivity contribution is 7.80. The van der Waals surface area contributed by atoms with E-state index in [0.717, 1.165) is 17.5 Å². The lowest BCUT2D eigenvalue weighted by molar-refractivity contribution is -0.0316. The Hall–Kier alpha value is -0.930. The molecule has 0 aliphatic carbocycles. The van der Waals surface area contributed by atoms with Crippen LogP contribution in [0.5, 0.6) is 0 Å². The molecule has 2 nitrogen and oxygen atoms in total. The van der Waals surface area contributed by atoms with Gasteiger partial charge >= 0.3 is 0 Å². The Morgan fingerprint density at radius 1 is 1.31 bits per heavy atom. The largest absolute Gasteiger partial charge is 0.389 e. The highest BCUT2D eigenvalue weighted by atomic mass is 32.1. The van der Waals surface area contributed by atoms with Gasteiger partial charge in [0.15, 0.2) is 0 Å². The molecule has 88 valence electrons. The molecular formula is C13H19NOS. The van der Waals surface area contributed by atoms with Crippen molar-refractivity contribution in [2.75, 3.05) is 0 Å². The first-order valence-electron chi connectivity index (χ1n) is 5.47. The van der Waals surface area contributed by atoms with Crippen molar-refractivity contribution < 1.29 is 4.74 Å². The molecule has 0 bridgehead atoms. The van der Waals surface area contributed by atoms with Crippen molar-refractivity contribution in [2.24, 2.45) is 5.73 Å². The van der Waals surface area contributed by atoms with E-state index < -0.39 is 0 Å². The Labute approximate surface area is 103 Å². The van der Waals surface area contributed by atoms with Gasteiger partial charge in [-0.25, -0.2) is 0 Å². The van der Waals surface area contributed by atoms with Crippen molar-refractivity contribution in [3.05, 3.63) is 35.4 Å². The van der Waals surface area contributed by atoms with Crippen molar-refractivity contribution in [2.45, 2.75) is 39.4 Å². The second-order valence-electron chi connectivity index (χ2n) is 4.46. The van der Waals surface area contributed by atoms with E-state index in [2.05, 4.69) is 20.8 Å². The second kappa shape index (κ2) is 5.41. The normalized spacial score (nSPS) is 11.4. The standard InChI is InChI=1S/C13H19NOS/c1-4-13(2,3)15-9-10-5-7-11(8-6-10)12(14)16/h5-8H,4,9H2,1-3H3,(H2,14,16). The maximum atomic E-state index is 5.80. The van der Waals surface area contributed by atoms with Gasteiger partial charge in [0.2, 0.25) is 0 Å². The van der Waals surface area contributed by atoms with Gasteiger partial charge in [-0.3, -0.25) is 0 Å². The minimum absolute atomic E-state index is 0.0676. The predicted molar refractivity (Wildman–Crippen MR) is 71.5 cm³/mol. The van der Waals surface area contributed by atoms with Crippen LogP contribution in [0.15, 0.2) is 24.3 Å². The molecular weight excluding hydrogens is 218 g/mol.